The molecule has 1 atom stereocenters. The van der Waals surface area contributed by atoms with Crippen molar-refractivity contribution >= 4 is 40.4 Å². The van der Waals surface area contributed by atoms with Crippen LogP contribution in [-0.4, -0.2) is 17.1 Å². The number of halogens is 2. The second kappa shape index (κ2) is 5.53. The number of nitrogens with one attached hydrogen (secondary N) is 1. The van der Waals surface area contributed by atoms with Gasteiger partial charge < -0.3 is 5.11 Å². The lowest BCUT2D eigenvalue weighted by atomic mass is 10.1. The Morgan fingerprint density at radius 3 is 2.50 bits per heavy atom. The molecular weight excluding hydrogens is 316 g/mol. The van der Waals surface area contributed by atoms with Crippen LogP contribution in [0.25, 0.3) is 0 Å². The first-order valence-corrected chi connectivity index (χ1v) is 5.42. The van der Waals surface area contributed by atoms with Gasteiger partial charge in [0.15, 0.2) is 0 Å². The second-order valence-corrected chi connectivity index (χ2v) is 3.89. The molecule has 0 radical (unpaired) electrons. The zero-order valence-electron chi connectivity index (χ0n) is 7.21. The minimum atomic E-state index is -0.852. The van der Waals surface area contributed by atoms with E-state index in [1.807, 2.05) is 35.0 Å². The molecule has 0 saturated heterocycles. The predicted molar refractivity (Wildman–Crippen MR) is 63.7 cm³/mol. The molecule has 0 aliphatic heterocycles. The summed E-state index contributed by atoms with van der Waals surface area (Å²) in [6.45, 7) is 0. The van der Waals surface area contributed by atoms with Gasteiger partial charge in [0.05, 0.1) is 0 Å². The monoisotopic (exact) mass is 325 g/mol. The van der Waals surface area contributed by atoms with E-state index in [9.17, 15) is 4.79 Å². The van der Waals surface area contributed by atoms with Gasteiger partial charge in [-0.1, -0.05) is 23.7 Å². The van der Waals surface area contributed by atoms with Crippen LogP contribution in [0.1, 0.15) is 5.56 Å². The molecule has 0 aliphatic rings. The summed E-state index contributed by atoms with van der Waals surface area (Å²) in [5, 5.41) is 9.45. The van der Waals surface area contributed by atoms with E-state index in [4.69, 9.17) is 16.7 Å². The third-order valence-corrected chi connectivity index (χ3v) is 2.79. The van der Waals surface area contributed by atoms with Gasteiger partial charge in [0.1, 0.15) is 6.04 Å². The summed E-state index contributed by atoms with van der Waals surface area (Å²) >= 11 is 7.55. The molecular formula is C9H9ClINO2. The van der Waals surface area contributed by atoms with Gasteiger partial charge in [0.25, 0.3) is 0 Å². The van der Waals surface area contributed by atoms with Crippen LogP contribution in [0.3, 0.4) is 0 Å². The zero-order valence-corrected chi connectivity index (χ0v) is 10.1. The van der Waals surface area contributed by atoms with Crippen LogP contribution in [0.15, 0.2) is 24.3 Å². The topological polar surface area (TPSA) is 49.3 Å². The van der Waals surface area contributed by atoms with Crippen LogP contribution in [-0.2, 0) is 11.2 Å². The number of hydrogen-bond acceptors (Lipinski definition) is 2. The number of rotatable bonds is 4. The van der Waals surface area contributed by atoms with Gasteiger partial charge in [-0.15, -0.1) is 0 Å². The van der Waals surface area contributed by atoms with Crippen LogP contribution >= 0.6 is 34.5 Å². The Kier molecular flexibility index (Phi) is 4.64. The van der Waals surface area contributed by atoms with Gasteiger partial charge in [-0.3, -0.25) is 4.79 Å². The highest BCUT2D eigenvalue weighted by Crippen LogP contribution is 2.11. The minimum Gasteiger partial charge on any atom is -0.480 e. The molecule has 0 heterocycles. The Hall–Kier alpha value is -0.330. The standard InChI is InChI=1S/C9H9ClINO2/c10-7-3-1-6(2-4-7)5-8(12-11)9(13)14/h1-4,8,12H,5H2,(H,13,14)/t8-/m0/s1. The van der Waals surface area contributed by atoms with E-state index in [1.165, 1.54) is 0 Å². The molecule has 3 nitrogen and oxygen atoms in total. The fourth-order valence-corrected chi connectivity index (χ4v) is 1.64. The molecule has 0 aliphatic carbocycles. The third-order valence-electron chi connectivity index (χ3n) is 1.78. The maximum Gasteiger partial charge on any atom is 0.321 e. The van der Waals surface area contributed by atoms with Crippen molar-refractivity contribution in [3.05, 3.63) is 34.9 Å². The Labute approximate surface area is 101 Å². The molecule has 1 aromatic rings. The van der Waals surface area contributed by atoms with Crippen LogP contribution in [0.4, 0.5) is 0 Å². The van der Waals surface area contributed by atoms with E-state index in [0.29, 0.717) is 11.4 Å². The molecule has 0 aromatic heterocycles. The second-order valence-electron chi connectivity index (χ2n) is 2.83. The minimum absolute atomic E-state index is 0.454. The highest BCUT2D eigenvalue weighted by atomic mass is 127. The number of carboxylic acid groups (broad SMARTS) is 1. The van der Waals surface area contributed by atoms with Gasteiger partial charge in [0.2, 0.25) is 0 Å². The number of carbonyl (C=O) groups is 1. The lowest BCUT2D eigenvalue weighted by Gasteiger charge is -2.09. The van der Waals surface area contributed by atoms with Crippen molar-refractivity contribution < 1.29 is 9.90 Å². The fourth-order valence-electron chi connectivity index (χ4n) is 1.03. The summed E-state index contributed by atoms with van der Waals surface area (Å²) in [6, 6.07) is 6.60. The SMILES string of the molecule is O=C(O)[C@H](Cc1ccc(Cl)cc1)NI. The van der Waals surface area contributed by atoms with Crippen LogP contribution < -0.4 is 3.53 Å². The maximum absolute atomic E-state index is 10.7. The normalized spacial score (nSPS) is 12.4. The van der Waals surface area contributed by atoms with E-state index in [2.05, 4.69) is 3.53 Å². The number of benzene rings is 1. The average Bonchev–Trinajstić information content (AvgIpc) is 2.16. The predicted octanol–water partition coefficient (Wildman–Crippen LogP) is 2.28. The molecule has 2 N–H and O–H groups in total. The van der Waals surface area contributed by atoms with Gasteiger partial charge >= 0.3 is 5.97 Å². The fraction of sp³-hybridized carbons (Fsp3) is 0.222. The van der Waals surface area contributed by atoms with Gasteiger partial charge in [0, 0.05) is 27.9 Å². The highest BCUT2D eigenvalue weighted by Gasteiger charge is 2.15. The lowest BCUT2D eigenvalue weighted by molar-refractivity contribution is -0.138. The Morgan fingerprint density at radius 1 is 1.50 bits per heavy atom. The third kappa shape index (κ3) is 3.43. The largest absolute Gasteiger partial charge is 0.480 e. The highest BCUT2D eigenvalue weighted by molar-refractivity contribution is 14.1. The number of hydrogen-bond donors (Lipinski definition) is 2. The van der Waals surface area contributed by atoms with Gasteiger partial charge in [-0.2, -0.15) is 0 Å². The quantitative estimate of drug-likeness (QED) is 0.659. The van der Waals surface area contributed by atoms with E-state index >= 15 is 0 Å². The van der Waals surface area contributed by atoms with Crippen LogP contribution in [0.5, 0.6) is 0 Å². The molecule has 0 amide bonds. The van der Waals surface area contributed by atoms with Crippen molar-refractivity contribution in [3.8, 4) is 0 Å². The Balaban J connectivity index is 2.67. The first-order valence-electron chi connectivity index (χ1n) is 3.97. The van der Waals surface area contributed by atoms with Crippen molar-refractivity contribution in [3.63, 3.8) is 0 Å². The molecule has 5 heteroatoms. The molecule has 0 bridgehead atoms. The number of aliphatic carboxylic acids is 1. The molecule has 0 unspecified atom stereocenters. The first kappa shape index (κ1) is 11.7. The smallest absolute Gasteiger partial charge is 0.321 e. The Bertz CT molecular complexity index is 315. The molecule has 0 fully saturated rings. The van der Waals surface area contributed by atoms with Gasteiger partial charge in [-0.25, -0.2) is 3.53 Å². The summed E-state index contributed by atoms with van der Waals surface area (Å²) < 4.78 is 2.70. The molecule has 0 saturated carbocycles. The molecule has 0 spiro atoms. The average molecular weight is 326 g/mol. The van der Waals surface area contributed by atoms with Crippen LogP contribution in [0.2, 0.25) is 5.02 Å². The summed E-state index contributed by atoms with van der Waals surface area (Å²) in [4.78, 5) is 10.7. The molecule has 1 aromatic carbocycles. The van der Waals surface area contributed by atoms with Crippen molar-refractivity contribution in [1.29, 1.82) is 0 Å². The summed E-state index contributed by atoms with van der Waals surface area (Å²) in [5.41, 5.74) is 0.950. The van der Waals surface area contributed by atoms with E-state index in [-0.39, 0.29) is 0 Å². The zero-order chi connectivity index (χ0) is 10.6. The first-order chi connectivity index (χ1) is 6.63. The van der Waals surface area contributed by atoms with E-state index < -0.39 is 12.0 Å². The molecule has 76 valence electrons. The summed E-state index contributed by atoms with van der Waals surface area (Å²) in [5.74, 6) is -0.852. The lowest BCUT2D eigenvalue weighted by Crippen LogP contribution is -2.32. The van der Waals surface area contributed by atoms with Gasteiger partial charge in [-0.05, 0) is 24.1 Å². The van der Waals surface area contributed by atoms with Crippen molar-refractivity contribution in [1.82, 2.24) is 3.53 Å². The number of carboxylic acids is 1. The van der Waals surface area contributed by atoms with Crippen LogP contribution in [0, 0.1) is 0 Å². The van der Waals surface area contributed by atoms with E-state index in [0.717, 1.165) is 5.56 Å². The van der Waals surface area contributed by atoms with Crippen molar-refractivity contribution in [2.75, 3.05) is 0 Å². The summed E-state index contributed by atoms with van der Waals surface area (Å²) in [6.07, 6.45) is 0.454. The van der Waals surface area contributed by atoms with E-state index in [1.54, 1.807) is 12.1 Å². The van der Waals surface area contributed by atoms with Crippen molar-refractivity contribution in [2.45, 2.75) is 12.5 Å². The Morgan fingerprint density at radius 2 is 2.07 bits per heavy atom. The molecule has 14 heavy (non-hydrogen) atoms. The molecule has 1 rings (SSSR count). The maximum atomic E-state index is 10.7. The van der Waals surface area contributed by atoms with Crippen molar-refractivity contribution in [2.24, 2.45) is 0 Å². The summed E-state index contributed by atoms with van der Waals surface area (Å²) in [7, 11) is 0.